The largest absolute Gasteiger partial charge is 0.234 e. The molecule has 0 saturated heterocycles. The van der Waals surface area contributed by atoms with Crippen LogP contribution in [0.4, 0.5) is 0 Å². The van der Waals surface area contributed by atoms with Gasteiger partial charge in [-0.1, -0.05) is 60.7 Å². The lowest BCUT2D eigenvalue weighted by atomic mass is 9.98. The third kappa shape index (κ3) is 6.59. The average Bonchev–Trinajstić information content (AvgIpc) is 2.66. The number of hydrogen-bond acceptors (Lipinski definition) is 3. The molecule has 0 spiro atoms. The highest BCUT2D eigenvalue weighted by atomic mass is 32.2. The van der Waals surface area contributed by atoms with Crippen molar-refractivity contribution < 1.29 is 12.6 Å². The van der Waals surface area contributed by atoms with Crippen molar-refractivity contribution in [2.75, 3.05) is 0 Å². The van der Waals surface area contributed by atoms with Crippen molar-refractivity contribution in [3.8, 4) is 0 Å². The van der Waals surface area contributed by atoms with Crippen molar-refractivity contribution >= 4 is 26.7 Å². The Bertz CT molecular complexity index is 988. The van der Waals surface area contributed by atoms with Gasteiger partial charge < -0.3 is 0 Å². The second kappa shape index (κ2) is 9.54. The van der Waals surface area contributed by atoms with Gasteiger partial charge in [-0.3, -0.25) is 0 Å². The summed E-state index contributed by atoms with van der Waals surface area (Å²) in [5.41, 5.74) is 2.26. The topological polar surface area (TPSA) is 75.6 Å². The first-order valence-corrected chi connectivity index (χ1v) is 12.5. The van der Waals surface area contributed by atoms with E-state index in [9.17, 15) is 12.6 Å². The number of benzene rings is 2. The van der Waals surface area contributed by atoms with E-state index in [1.165, 1.54) is 0 Å². The second-order valence-electron chi connectivity index (χ2n) is 9.17. The predicted molar refractivity (Wildman–Crippen MR) is 126 cm³/mol. The van der Waals surface area contributed by atoms with Gasteiger partial charge in [-0.2, -0.15) is 4.40 Å². The molecule has 0 aliphatic heterocycles. The maximum atomic E-state index is 12.9. The number of nitrogens with zero attached hydrogens (tertiary/aromatic N) is 1. The van der Waals surface area contributed by atoms with Crippen LogP contribution in [0.3, 0.4) is 0 Å². The van der Waals surface area contributed by atoms with Gasteiger partial charge in [-0.25, -0.2) is 17.3 Å². The number of rotatable bonds is 7. The van der Waals surface area contributed by atoms with Crippen LogP contribution in [0, 0.1) is 0 Å². The van der Waals surface area contributed by atoms with E-state index in [0.717, 1.165) is 11.1 Å². The molecule has 0 heterocycles. The zero-order chi connectivity index (χ0) is 22.6. The minimum Gasteiger partial charge on any atom is -0.234 e. The van der Waals surface area contributed by atoms with E-state index in [1.54, 1.807) is 20.8 Å². The molecule has 0 bridgehead atoms. The van der Waals surface area contributed by atoms with Crippen LogP contribution in [0.25, 0.3) is 0 Å². The molecule has 2 rings (SSSR count). The Kier molecular flexibility index (Phi) is 7.77. The highest BCUT2D eigenvalue weighted by molar-refractivity contribution is 7.90. The van der Waals surface area contributed by atoms with Crippen molar-refractivity contribution in [2.45, 2.75) is 63.5 Å². The van der Waals surface area contributed by atoms with E-state index in [0.29, 0.717) is 5.71 Å². The molecule has 0 radical (unpaired) electrons. The molecular formula is C23H32N2O3S2. The molecule has 2 aromatic rings. The summed E-state index contributed by atoms with van der Waals surface area (Å²) in [4.78, 5) is 0. The van der Waals surface area contributed by atoms with Crippen LogP contribution < -0.4 is 4.72 Å². The van der Waals surface area contributed by atoms with Crippen molar-refractivity contribution in [1.29, 1.82) is 0 Å². The van der Waals surface area contributed by atoms with Crippen LogP contribution >= 0.6 is 0 Å². The lowest BCUT2D eigenvalue weighted by Crippen LogP contribution is -2.42. The van der Waals surface area contributed by atoms with E-state index in [2.05, 4.69) is 9.12 Å². The van der Waals surface area contributed by atoms with Crippen molar-refractivity contribution in [2.24, 2.45) is 4.40 Å². The standard InChI is InChI=1S/C23H32N2O3S2/c1-22(2,3)29(26)24-20(18-13-9-7-10-14-18)17-21(19-15-11-8-12-16-19)25-30(27,28)23(4,5)6/h7-16,21,25H,17H2,1-6H3/b24-20-. The van der Waals surface area contributed by atoms with Crippen LogP contribution in [0.2, 0.25) is 0 Å². The van der Waals surface area contributed by atoms with Crippen LogP contribution in [-0.2, 0) is 21.0 Å². The Morgan fingerprint density at radius 1 is 0.933 bits per heavy atom. The Hall–Kier alpha value is -1.83. The number of hydrogen-bond donors (Lipinski definition) is 1. The van der Waals surface area contributed by atoms with Gasteiger partial charge >= 0.3 is 0 Å². The zero-order valence-corrected chi connectivity index (χ0v) is 20.2. The van der Waals surface area contributed by atoms with Gasteiger partial charge in [0, 0.05) is 6.42 Å². The normalized spacial score (nSPS) is 15.6. The zero-order valence-electron chi connectivity index (χ0n) is 18.5. The van der Waals surface area contributed by atoms with E-state index in [4.69, 9.17) is 0 Å². The third-order valence-electron chi connectivity index (χ3n) is 4.53. The van der Waals surface area contributed by atoms with Gasteiger partial charge in [0.25, 0.3) is 0 Å². The fourth-order valence-electron chi connectivity index (χ4n) is 2.55. The first-order valence-electron chi connectivity index (χ1n) is 9.93. The van der Waals surface area contributed by atoms with E-state index in [1.807, 2.05) is 81.4 Å². The van der Waals surface area contributed by atoms with E-state index >= 15 is 0 Å². The molecule has 0 fully saturated rings. The molecule has 164 valence electrons. The molecule has 0 aliphatic carbocycles. The lowest BCUT2D eigenvalue weighted by Gasteiger charge is -2.26. The number of nitrogens with one attached hydrogen (secondary N) is 1. The summed E-state index contributed by atoms with van der Waals surface area (Å²) in [5, 5.41) is 0. The van der Waals surface area contributed by atoms with Gasteiger partial charge in [0.15, 0.2) is 0 Å². The van der Waals surface area contributed by atoms with Crippen molar-refractivity contribution in [3.63, 3.8) is 0 Å². The van der Waals surface area contributed by atoms with Crippen molar-refractivity contribution in [1.82, 2.24) is 4.72 Å². The smallest absolute Gasteiger partial charge is 0.217 e. The maximum absolute atomic E-state index is 12.9. The van der Waals surface area contributed by atoms with Gasteiger partial charge in [-0.15, -0.1) is 0 Å². The minimum atomic E-state index is -3.61. The van der Waals surface area contributed by atoms with Gasteiger partial charge in [0.05, 0.1) is 21.2 Å². The first-order chi connectivity index (χ1) is 13.8. The minimum absolute atomic E-state index is 0.283. The Labute approximate surface area is 183 Å². The first kappa shape index (κ1) is 24.4. The van der Waals surface area contributed by atoms with E-state index in [-0.39, 0.29) is 6.42 Å². The molecule has 30 heavy (non-hydrogen) atoms. The summed E-state index contributed by atoms with van der Waals surface area (Å²) in [6.07, 6.45) is 0.283. The summed E-state index contributed by atoms with van der Waals surface area (Å²) in [7, 11) is -5.08. The van der Waals surface area contributed by atoms with Crippen LogP contribution in [0.5, 0.6) is 0 Å². The summed E-state index contributed by atoms with van der Waals surface area (Å²) in [6, 6.07) is 18.4. The molecule has 2 aromatic carbocycles. The summed E-state index contributed by atoms with van der Waals surface area (Å²) in [5.74, 6) is 0. The lowest BCUT2D eigenvalue weighted by molar-refractivity contribution is 0.527. The maximum Gasteiger partial charge on any atom is 0.217 e. The molecule has 0 amide bonds. The van der Waals surface area contributed by atoms with Crippen LogP contribution in [0.1, 0.15) is 65.1 Å². The van der Waals surface area contributed by atoms with Crippen molar-refractivity contribution in [3.05, 3.63) is 71.8 Å². The molecule has 1 N–H and O–H groups in total. The van der Waals surface area contributed by atoms with Gasteiger partial charge in [0.2, 0.25) is 10.0 Å². The molecule has 7 heteroatoms. The Balaban J connectivity index is 2.53. The summed E-state index contributed by atoms with van der Waals surface area (Å²) >= 11 is 0. The van der Waals surface area contributed by atoms with Gasteiger partial charge in [-0.05, 0) is 52.7 Å². The van der Waals surface area contributed by atoms with E-state index < -0.39 is 36.5 Å². The fourth-order valence-corrected chi connectivity index (χ4v) is 4.15. The quantitative estimate of drug-likeness (QED) is 0.619. The fraction of sp³-hybridized carbons (Fsp3) is 0.435. The second-order valence-corrected chi connectivity index (χ2v) is 13.5. The molecule has 0 saturated carbocycles. The molecule has 0 aromatic heterocycles. The average molecular weight is 449 g/mol. The highest BCUT2D eigenvalue weighted by Gasteiger charge is 2.32. The highest BCUT2D eigenvalue weighted by Crippen LogP contribution is 2.25. The monoisotopic (exact) mass is 448 g/mol. The molecule has 5 nitrogen and oxygen atoms in total. The SMILES string of the molecule is CC(C)(C)S(=O)/N=C(/CC(NS(=O)(=O)C(C)(C)C)c1ccccc1)c1ccccc1. The third-order valence-corrected chi connectivity index (χ3v) is 8.17. The molecular weight excluding hydrogens is 416 g/mol. The summed E-state index contributed by atoms with van der Waals surface area (Å²) < 4.78 is 44.5. The molecule has 2 atom stereocenters. The Morgan fingerprint density at radius 2 is 1.43 bits per heavy atom. The van der Waals surface area contributed by atoms with Gasteiger partial charge in [0.1, 0.15) is 11.0 Å². The Morgan fingerprint density at radius 3 is 1.90 bits per heavy atom. The van der Waals surface area contributed by atoms with Crippen LogP contribution in [0.15, 0.2) is 65.1 Å². The summed E-state index contributed by atoms with van der Waals surface area (Å²) in [6.45, 7) is 10.6. The van der Waals surface area contributed by atoms with Crippen LogP contribution in [-0.4, -0.2) is 27.8 Å². The molecule has 2 unspecified atom stereocenters. The number of sulfonamides is 1. The predicted octanol–water partition coefficient (Wildman–Crippen LogP) is 4.79. The molecule has 0 aliphatic rings.